The fraction of sp³-hybridized carbons (Fsp3) is 0.350. The van der Waals surface area contributed by atoms with Gasteiger partial charge < -0.3 is 9.80 Å². The third-order valence-corrected chi connectivity index (χ3v) is 4.61. The number of aryl methyl sites for hydroxylation is 2. The van der Waals surface area contributed by atoms with Crippen LogP contribution in [0.4, 0.5) is 0 Å². The van der Waals surface area contributed by atoms with Crippen molar-refractivity contribution in [1.29, 1.82) is 0 Å². The number of nitrogens with zero attached hydrogens (tertiary/aromatic N) is 3. The van der Waals surface area contributed by atoms with E-state index in [1.807, 2.05) is 41.8 Å². The van der Waals surface area contributed by atoms with E-state index in [1.54, 1.807) is 24.5 Å². The molecule has 2 amide bonds. The van der Waals surface area contributed by atoms with Crippen LogP contribution in [0.1, 0.15) is 38.3 Å². The van der Waals surface area contributed by atoms with Crippen molar-refractivity contribution >= 4 is 11.8 Å². The molecular formula is C20H23N3O2. The number of amides is 2. The third kappa shape index (κ3) is 3.87. The highest BCUT2D eigenvalue weighted by atomic mass is 16.2. The van der Waals surface area contributed by atoms with Crippen molar-refractivity contribution in [2.24, 2.45) is 0 Å². The van der Waals surface area contributed by atoms with Gasteiger partial charge in [-0.3, -0.25) is 14.6 Å². The molecule has 1 aromatic carbocycles. The van der Waals surface area contributed by atoms with Crippen LogP contribution in [-0.4, -0.2) is 52.8 Å². The standard InChI is InChI=1S/C20H23N3O2/c1-15-4-5-18(16(2)14-15)20(25)23-11-3-10-22(12-13-23)19(24)17-6-8-21-9-7-17/h4-9,14H,3,10-13H2,1-2H3. The van der Waals surface area contributed by atoms with Gasteiger partial charge in [-0.15, -0.1) is 0 Å². The Morgan fingerprint density at radius 2 is 1.52 bits per heavy atom. The van der Waals surface area contributed by atoms with Crippen molar-refractivity contribution in [3.05, 3.63) is 65.0 Å². The van der Waals surface area contributed by atoms with E-state index in [-0.39, 0.29) is 11.8 Å². The summed E-state index contributed by atoms with van der Waals surface area (Å²) in [4.78, 5) is 33.1. The van der Waals surface area contributed by atoms with Crippen LogP contribution in [0.25, 0.3) is 0 Å². The van der Waals surface area contributed by atoms with Gasteiger partial charge in [-0.05, 0) is 44.0 Å². The SMILES string of the molecule is Cc1ccc(C(=O)N2CCCN(C(=O)c3ccncc3)CC2)c(C)c1. The molecule has 0 atom stereocenters. The van der Waals surface area contributed by atoms with Crippen molar-refractivity contribution < 1.29 is 9.59 Å². The van der Waals surface area contributed by atoms with Gasteiger partial charge in [0.2, 0.25) is 0 Å². The quantitative estimate of drug-likeness (QED) is 0.847. The Morgan fingerprint density at radius 3 is 2.16 bits per heavy atom. The van der Waals surface area contributed by atoms with Gasteiger partial charge in [0.15, 0.2) is 0 Å². The first-order valence-corrected chi connectivity index (χ1v) is 8.62. The van der Waals surface area contributed by atoms with E-state index >= 15 is 0 Å². The lowest BCUT2D eigenvalue weighted by Crippen LogP contribution is -2.37. The molecule has 0 spiro atoms. The minimum Gasteiger partial charge on any atom is -0.337 e. The number of benzene rings is 1. The van der Waals surface area contributed by atoms with Crippen molar-refractivity contribution in [3.8, 4) is 0 Å². The van der Waals surface area contributed by atoms with Gasteiger partial charge in [-0.25, -0.2) is 0 Å². The van der Waals surface area contributed by atoms with Crippen molar-refractivity contribution in [3.63, 3.8) is 0 Å². The predicted octanol–water partition coefficient (Wildman–Crippen LogP) is 2.69. The van der Waals surface area contributed by atoms with Crippen LogP contribution in [0.2, 0.25) is 0 Å². The largest absolute Gasteiger partial charge is 0.337 e. The second-order valence-electron chi connectivity index (χ2n) is 6.49. The number of aromatic nitrogens is 1. The lowest BCUT2D eigenvalue weighted by molar-refractivity contribution is 0.0718. The smallest absolute Gasteiger partial charge is 0.254 e. The van der Waals surface area contributed by atoms with Crippen LogP contribution < -0.4 is 0 Å². The molecule has 130 valence electrons. The van der Waals surface area contributed by atoms with Crippen LogP contribution >= 0.6 is 0 Å². The Kier molecular flexibility index (Phi) is 5.12. The topological polar surface area (TPSA) is 53.5 Å². The van der Waals surface area contributed by atoms with Gasteiger partial charge in [0.05, 0.1) is 0 Å². The fourth-order valence-electron chi connectivity index (χ4n) is 3.22. The highest BCUT2D eigenvalue weighted by Gasteiger charge is 2.24. The van der Waals surface area contributed by atoms with Crippen LogP contribution in [0.3, 0.4) is 0 Å². The van der Waals surface area contributed by atoms with Gasteiger partial charge in [0.1, 0.15) is 0 Å². The fourth-order valence-corrected chi connectivity index (χ4v) is 3.22. The molecule has 0 unspecified atom stereocenters. The summed E-state index contributed by atoms with van der Waals surface area (Å²) in [6.45, 7) is 6.44. The molecule has 2 heterocycles. The van der Waals surface area contributed by atoms with Crippen molar-refractivity contribution in [1.82, 2.24) is 14.8 Å². The molecule has 0 bridgehead atoms. The molecule has 5 nitrogen and oxygen atoms in total. The highest BCUT2D eigenvalue weighted by molar-refractivity contribution is 5.96. The molecule has 1 aromatic heterocycles. The zero-order valence-electron chi connectivity index (χ0n) is 14.7. The number of carbonyl (C=O) groups is 2. The number of hydrogen-bond acceptors (Lipinski definition) is 3. The van der Waals surface area contributed by atoms with Gasteiger partial charge in [0, 0.05) is 49.7 Å². The van der Waals surface area contributed by atoms with Gasteiger partial charge in [-0.2, -0.15) is 0 Å². The second-order valence-corrected chi connectivity index (χ2v) is 6.49. The highest BCUT2D eigenvalue weighted by Crippen LogP contribution is 2.16. The summed E-state index contributed by atoms with van der Waals surface area (Å²) in [6, 6.07) is 9.36. The number of carbonyl (C=O) groups excluding carboxylic acids is 2. The molecule has 3 rings (SSSR count). The maximum absolute atomic E-state index is 12.8. The van der Waals surface area contributed by atoms with E-state index in [4.69, 9.17) is 0 Å². The molecule has 1 fully saturated rings. The Labute approximate surface area is 148 Å². The second kappa shape index (κ2) is 7.47. The van der Waals surface area contributed by atoms with Crippen molar-refractivity contribution in [2.75, 3.05) is 26.2 Å². The maximum Gasteiger partial charge on any atom is 0.254 e. The molecule has 25 heavy (non-hydrogen) atoms. The molecule has 1 saturated heterocycles. The summed E-state index contributed by atoms with van der Waals surface area (Å²) in [5.41, 5.74) is 3.54. The summed E-state index contributed by atoms with van der Waals surface area (Å²) >= 11 is 0. The summed E-state index contributed by atoms with van der Waals surface area (Å²) in [7, 11) is 0. The minimum absolute atomic E-state index is 0.00298. The molecule has 2 aromatic rings. The zero-order chi connectivity index (χ0) is 17.8. The molecule has 0 saturated carbocycles. The van der Waals surface area contributed by atoms with Gasteiger partial charge in [0.25, 0.3) is 11.8 Å². The normalized spacial score (nSPS) is 15.0. The first kappa shape index (κ1) is 17.1. The lowest BCUT2D eigenvalue weighted by atomic mass is 10.0. The van der Waals surface area contributed by atoms with E-state index in [0.29, 0.717) is 31.7 Å². The summed E-state index contributed by atoms with van der Waals surface area (Å²) in [5.74, 6) is 0.0546. The Hall–Kier alpha value is -2.69. The maximum atomic E-state index is 12.8. The summed E-state index contributed by atoms with van der Waals surface area (Å²) < 4.78 is 0. The Morgan fingerprint density at radius 1 is 0.880 bits per heavy atom. The van der Waals surface area contributed by atoms with Crippen LogP contribution in [0, 0.1) is 13.8 Å². The molecular weight excluding hydrogens is 314 g/mol. The summed E-state index contributed by atoms with van der Waals surface area (Å²) in [6.07, 6.45) is 4.04. The Bertz CT molecular complexity index is 774. The lowest BCUT2D eigenvalue weighted by Gasteiger charge is -2.23. The molecule has 1 aliphatic heterocycles. The minimum atomic E-state index is 0.00298. The molecule has 0 radical (unpaired) electrons. The Balaban J connectivity index is 1.69. The molecule has 5 heteroatoms. The predicted molar refractivity (Wildman–Crippen MR) is 96.6 cm³/mol. The monoisotopic (exact) mass is 337 g/mol. The summed E-state index contributed by atoms with van der Waals surface area (Å²) in [5, 5.41) is 0. The number of hydrogen-bond donors (Lipinski definition) is 0. The van der Waals surface area contributed by atoms with E-state index in [1.165, 1.54) is 0 Å². The van der Waals surface area contributed by atoms with E-state index in [2.05, 4.69) is 4.98 Å². The third-order valence-electron chi connectivity index (χ3n) is 4.61. The zero-order valence-corrected chi connectivity index (χ0v) is 14.7. The molecule has 1 aliphatic rings. The molecule has 0 N–H and O–H groups in total. The average Bonchev–Trinajstić information content (AvgIpc) is 2.87. The van der Waals surface area contributed by atoms with Crippen molar-refractivity contribution in [2.45, 2.75) is 20.3 Å². The van der Waals surface area contributed by atoms with Gasteiger partial charge in [-0.1, -0.05) is 17.7 Å². The first-order chi connectivity index (χ1) is 12.1. The molecule has 0 aliphatic carbocycles. The van der Waals surface area contributed by atoms with Crippen LogP contribution in [0.15, 0.2) is 42.7 Å². The van der Waals surface area contributed by atoms with Crippen LogP contribution in [0.5, 0.6) is 0 Å². The van der Waals surface area contributed by atoms with E-state index in [0.717, 1.165) is 23.1 Å². The van der Waals surface area contributed by atoms with E-state index in [9.17, 15) is 9.59 Å². The van der Waals surface area contributed by atoms with Crippen LogP contribution in [-0.2, 0) is 0 Å². The number of pyridine rings is 1. The number of rotatable bonds is 2. The van der Waals surface area contributed by atoms with Gasteiger partial charge >= 0.3 is 0 Å². The van der Waals surface area contributed by atoms with E-state index < -0.39 is 0 Å². The average molecular weight is 337 g/mol. The first-order valence-electron chi connectivity index (χ1n) is 8.62.